The van der Waals surface area contributed by atoms with E-state index in [9.17, 15) is 0 Å². The Kier molecular flexibility index (Phi) is 2.79. The number of nitrogens with zero attached hydrogens (tertiary/aromatic N) is 1. The zero-order valence-corrected chi connectivity index (χ0v) is 11.0. The van der Waals surface area contributed by atoms with Crippen LogP contribution in [0.25, 0.3) is 10.1 Å². The van der Waals surface area contributed by atoms with Crippen LogP contribution in [0, 0.1) is 5.41 Å². The molecule has 0 atom stereocenters. The normalized spacial score (nSPS) is 17.9. The second kappa shape index (κ2) is 4.30. The summed E-state index contributed by atoms with van der Waals surface area (Å²) in [5, 5.41) is 6.97. The number of anilines is 1. The SMILES string of the molecule is CCC1(CNc2nccc3sccc23)CCC1. The van der Waals surface area contributed by atoms with E-state index in [1.807, 2.05) is 6.20 Å². The molecule has 3 heteroatoms. The molecule has 2 nitrogen and oxygen atoms in total. The van der Waals surface area contributed by atoms with Crippen LogP contribution in [0.1, 0.15) is 32.6 Å². The van der Waals surface area contributed by atoms with E-state index < -0.39 is 0 Å². The van der Waals surface area contributed by atoms with E-state index in [1.165, 1.54) is 35.8 Å². The molecular weight excluding hydrogens is 228 g/mol. The quantitative estimate of drug-likeness (QED) is 0.870. The van der Waals surface area contributed by atoms with Crippen LogP contribution < -0.4 is 5.32 Å². The average Bonchev–Trinajstić information content (AvgIpc) is 2.77. The van der Waals surface area contributed by atoms with Gasteiger partial charge in [0.25, 0.3) is 0 Å². The molecule has 1 saturated carbocycles. The summed E-state index contributed by atoms with van der Waals surface area (Å²) in [4.78, 5) is 4.47. The minimum absolute atomic E-state index is 0.542. The first-order chi connectivity index (χ1) is 8.33. The lowest BCUT2D eigenvalue weighted by Gasteiger charge is -2.41. The van der Waals surface area contributed by atoms with Crippen LogP contribution in [0.15, 0.2) is 23.7 Å². The fourth-order valence-electron chi connectivity index (χ4n) is 2.64. The third-order valence-corrected chi connectivity index (χ3v) is 5.06. The van der Waals surface area contributed by atoms with Gasteiger partial charge in [0.05, 0.1) is 0 Å². The Morgan fingerprint density at radius 2 is 2.29 bits per heavy atom. The lowest BCUT2D eigenvalue weighted by atomic mass is 9.67. The maximum absolute atomic E-state index is 4.47. The van der Waals surface area contributed by atoms with Crippen molar-refractivity contribution in [2.24, 2.45) is 5.41 Å². The van der Waals surface area contributed by atoms with E-state index in [1.54, 1.807) is 11.3 Å². The summed E-state index contributed by atoms with van der Waals surface area (Å²) < 4.78 is 1.32. The van der Waals surface area contributed by atoms with Crippen LogP contribution in [0.4, 0.5) is 5.82 Å². The molecule has 1 aliphatic rings. The van der Waals surface area contributed by atoms with Gasteiger partial charge in [-0.05, 0) is 42.2 Å². The average molecular weight is 246 g/mol. The van der Waals surface area contributed by atoms with Gasteiger partial charge in [-0.2, -0.15) is 0 Å². The molecule has 0 bridgehead atoms. The second-order valence-corrected chi connectivity index (χ2v) is 6.00. The van der Waals surface area contributed by atoms with Crippen molar-refractivity contribution in [1.82, 2.24) is 4.98 Å². The van der Waals surface area contributed by atoms with E-state index in [0.29, 0.717) is 5.41 Å². The summed E-state index contributed by atoms with van der Waals surface area (Å²) in [6.07, 6.45) is 7.32. The Morgan fingerprint density at radius 1 is 1.41 bits per heavy atom. The van der Waals surface area contributed by atoms with Crippen molar-refractivity contribution in [1.29, 1.82) is 0 Å². The number of hydrogen-bond acceptors (Lipinski definition) is 3. The van der Waals surface area contributed by atoms with Crippen molar-refractivity contribution < 1.29 is 0 Å². The molecule has 0 aliphatic heterocycles. The fraction of sp³-hybridized carbons (Fsp3) is 0.500. The molecule has 0 amide bonds. The lowest BCUT2D eigenvalue weighted by Crippen LogP contribution is -2.36. The Labute approximate surface area is 106 Å². The molecular formula is C14H18N2S. The van der Waals surface area contributed by atoms with E-state index in [2.05, 4.69) is 34.7 Å². The van der Waals surface area contributed by atoms with Crippen molar-refractivity contribution in [2.75, 3.05) is 11.9 Å². The van der Waals surface area contributed by atoms with Crippen LogP contribution in [-0.4, -0.2) is 11.5 Å². The number of thiophene rings is 1. The van der Waals surface area contributed by atoms with Gasteiger partial charge in [0, 0.05) is 22.8 Å². The molecule has 1 aliphatic carbocycles. The topological polar surface area (TPSA) is 24.9 Å². The first-order valence-electron chi connectivity index (χ1n) is 6.39. The molecule has 90 valence electrons. The maximum atomic E-state index is 4.47. The minimum atomic E-state index is 0.542. The highest BCUT2D eigenvalue weighted by Crippen LogP contribution is 2.43. The molecule has 17 heavy (non-hydrogen) atoms. The van der Waals surface area contributed by atoms with E-state index in [4.69, 9.17) is 0 Å². The van der Waals surface area contributed by atoms with Crippen LogP contribution in [-0.2, 0) is 0 Å². The molecule has 3 rings (SSSR count). The molecule has 0 radical (unpaired) electrons. The number of aromatic nitrogens is 1. The Balaban J connectivity index is 1.78. The second-order valence-electron chi connectivity index (χ2n) is 5.05. The van der Waals surface area contributed by atoms with Crippen molar-refractivity contribution >= 4 is 27.2 Å². The fourth-order valence-corrected chi connectivity index (χ4v) is 3.42. The third kappa shape index (κ3) is 1.93. The van der Waals surface area contributed by atoms with Gasteiger partial charge < -0.3 is 5.32 Å². The molecule has 2 aromatic heterocycles. The van der Waals surface area contributed by atoms with Gasteiger partial charge in [0.2, 0.25) is 0 Å². The summed E-state index contributed by atoms with van der Waals surface area (Å²) in [6, 6.07) is 4.25. The van der Waals surface area contributed by atoms with Gasteiger partial charge in [-0.15, -0.1) is 11.3 Å². The highest BCUT2D eigenvalue weighted by molar-refractivity contribution is 7.17. The van der Waals surface area contributed by atoms with Crippen LogP contribution in [0.5, 0.6) is 0 Å². The predicted molar refractivity (Wildman–Crippen MR) is 74.7 cm³/mol. The monoisotopic (exact) mass is 246 g/mol. The molecule has 0 spiro atoms. The zero-order valence-electron chi connectivity index (χ0n) is 10.2. The molecule has 0 aromatic carbocycles. The Hall–Kier alpha value is -1.09. The summed E-state index contributed by atoms with van der Waals surface area (Å²) in [5.41, 5.74) is 0.542. The lowest BCUT2D eigenvalue weighted by molar-refractivity contribution is 0.145. The van der Waals surface area contributed by atoms with Crippen LogP contribution in [0.2, 0.25) is 0 Å². The largest absolute Gasteiger partial charge is 0.369 e. The van der Waals surface area contributed by atoms with Crippen molar-refractivity contribution in [3.05, 3.63) is 23.7 Å². The molecule has 0 saturated heterocycles. The van der Waals surface area contributed by atoms with E-state index in [0.717, 1.165) is 12.4 Å². The number of pyridine rings is 1. The van der Waals surface area contributed by atoms with Crippen molar-refractivity contribution in [2.45, 2.75) is 32.6 Å². The highest BCUT2D eigenvalue weighted by Gasteiger charge is 2.34. The van der Waals surface area contributed by atoms with Gasteiger partial charge >= 0.3 is 0 Å². The molecule has 2 heterocycles. The summed E-state index contributed by atoms with van der Waals surface area (Å²) >= 11 is 1.78. The standard InChI is InChI=1S/C14H18N2S/c1-2-14(6-3-7-14)10-16-13-11-5-9-17-12(11)4-8-15-13/h4-5,8-9H,2-3,6-7,10H2,1H3,(H,15,16). The zero-order chi connectivity index (χ0) is 11.7. The van der Waals surface area contributed by atoms with E-state index in [-0.39, 0.29) is 0 Å². The van der Waals surface area contributed by atoms with Gasteiger partial charge in [0.1, 0.15) is 5.82 Å². The molecule has 1 N–H and O–H groups in total. The Bertz CT molecular complexity index is 508. The third-order valence-electron chi connectivity index (χ3n) is 4.17. The van der Waals surface area contributed by atoms with Gasteiger partial charge in [-0.25, -0.2) is 4.98 Å². The minimum Gasteiger partial charge on any atom is -0.369 e. The van der Waals surface area contributed by atoms with E-state index >= 15 is 0 Å². The summed E-state index contributed by atoms with van der Waals surface area (Å²) in [7, 11) is 0. The van der Waals surface area contributed by atoms with Crippen LogP contribution >= 0.6 is 11.3 Å². The summed E-state index contributed by atoms with van der Waals surface area (Å²) in [5.74, 6) is 1.06. The number of rotatable bonds is 4. The first-order valence-corrected chi connectivity index (χ1v) is 7.27. The molecule has 2 aromatic rings. The highest BCUT2D eigenvalue weighted by atomic mass is 32.1. The maximum Gasteiger partial charge on any atom is 0.134 e. The van der Waals surface area contributed by atoms with Gasteiger partial charge in [0.15, 0.2) is 0 Å². The molecule has 1 fully saturated rings. The van der Waals surface area contributed by atoms with Gasteiger partial charge in [-0.1, -0.05) is 13.3 Å². The van der Waals surface area contributed by atoms with Crippen molar-refractivity contribution in [3.63, 3.8) is 0 Å². The number of fused-ring (bicyclic) bond motifs is 1. The van der Waals surface area contributed by atoms with Crippen molar-refractivity contribution in [3.8, 4) is 0 Å². The number of hydrogen-bond donors (Lipinski definition) is 1. The Morgan fingerprint density at radius 3 is 3.00 bits per heavy atom. The van der Waals surface area contributed by atoms with Gasteiger partial charge in [-0.3, -0.25) is 0 Å². The van der Waals surface area contributed by atoms with Crippen LogP contribution in [0.3, 0.4) is 0 Å². The summed E-state index contributed by atoms with van der Waals surface area (Å²) in [6.45, 7) is 3.38. The first kappa shape index (κ1) is 11.0. The predicted octanol–water partition coefficient (Wildman–Crippen LogP) is 4.29. The molecule has 0 unspecified atom stereocenters. The number of nitrogens with one attached hydrogen (secondary N) is 1. The smallest absolute Gasteiger partial charge is 0.134 e.